The molecule has 31 heavy (non-hydrogen) atoms. The number of carbonyl (C=O) groups is 2. The highest BCUT2D eigenvalue weighted by atomic mass is 19.4. The fourth-order valence-corrected chi connectivity index (χ4v) is 3.87. The van der Waals surface area contributed by atoms with Crippen LogP contribution in [0.2, 0.25) is 0 Å². The molecule has 0 radical (unpaired) electrons. The molecule has 1 amide bonds. The Morgan fingerprint density at radius 2 is 2.10 bits per heavy atom. The summed E-state index contributed by atoms with van der Waals surface area (Å²) in [6, 6.07) is 0. The van der Waals surface area contributed by atoms with Crippen molar-refractivity contribution in [3.63, 3.8) is 0 Å². The lowest BCUT2D eigenvalue weighted by Crippen LogP contribution is -2.53. The molecule has 0 spiro atoms. The quantitative estimate of drug-likeness (QED) is 0.624. The van der Waals surface area contributed by atoms with Crippen LogP contribution in [0, 0.1) is 11.8 Å². The molecule has 0 bridgehead atoms. The van der Waals surface area contributed by atoms with Crippen LogP contribution in [0.3, 0.4) is 0 Å². The standard InChI is InChI=1S/C17H28N4O3.C2HF3O2/c1-20-10-13(9-19-20)11-21-6-3-16-15(12-21)14(4-7-24-16)17(22)18-5-8-23-2;3-2(4,5)1(6)7/h9-10,14-16H,3-8,11-12H2,1-2H3,(H,18,22);(H,6,7)/t14-,15+,16-;/m1./s1. The van der Waals surface area contributed by atoms with Crippen molar-refractivity contribution in [2.75, 3.05) is 40.0 Å². The van der Waals surface area contributed by atoms with Gasteiger partial charge >= 0.3 is 12.1 Å². The Kier molecular flexibility index (Phi) is 9.26. The summed E-state index contributed by atoms with van der Waals surface area (Å²) in [4.78, 5) is 23.9. The van der Waals surface area contributed by atoms with Gasteiger partial charge in [-0.05, 0) is 12.8 Å². The van der Waals surface area contributed by atoms with Crippen molar-refractivity contribution in [2.45, 2.75) is 31.7 Å². The molecule has 0 aliphatic carbocycles. The normalized spacial score (nSPS) is 24.0. The largest absolute Gasteiger partial charge is 0.490 e. The summed E-state index contributed by atoms with van der Waals surface area (Å²) >= 11 is 0. The van der Waals surface area contributed by atoms with Gasteiger partial charge < -0.3 is 19.9 Å². The second-order valence-electron chi connectivity index (χ2n) is 7.60. The van der Waals surface area contributed by atoms with Crippen LogP contribution in [-0.2, 0) is 32.7 Å². The molecule has 0 aromatic carbocycles. The van der Waals surface area contributed by atoms with E-state index in [1.807, 2.05) is 17.9 Å². The van der Waals surface area contributed by atoms with Gasteiger partial charge in [0.25, 0.3) is 0 Å². The first kappa shape index (κ1) is 25.1. The van der Waals surface area contributed by atoms with Crippen LogP contribution in [0.1, 0.15) is 18.4 Å². The average molecular weight is 450 g/mol. The third-order valence-corrected chi connectivity index (χ3v) is 5.30. The first-order valence-corrected chi connectivity index (χ1v) is 10.00. The molecule has 2 fully saturated rings. The molecule has 3 heterocycles. The molecular formula is C19H29F3N4O5. The number of aryl methyl sites for hydroxylation is 1. The van der Waals surface area contributed by atoms with Crippen LogP contribution < -0.4 is 5.32 Å². The van der Waals surface area contributed by atoms with Crippen molar-refractivity contribution >= 4 is 11.9 Å². The van der Waals surface area contributed by atoms with Crippen LogP contribution in [0.15, 0.2) is 12.4 Å². The molecule has 1 aromatic rings. The SMILES string of the molecule is COCCNC(=O)[C@@H]1CCO[C@@H]2CCN(Cc3cnn(C)c3)C[C@H]21.O=C(O)C(F)(F)F. The maximum Gasteiger partial charge on any atom is 0.490 e. The van der Waals surface area contributed by atoms with Gasteiger partial charge in [0.2, 0.25) is 5.91 Å². The van der Waals surface area contributed by atoms with E-state index in [4.69, 9.17) is 19.4 Å². The van der Waals surface area contributed by atoms with Crippen LogP contribution in [-0.4, -0.2) is 83.9 Å². The number of piperidine rings is 1. The number of amides is 1. The Morgan fingerprint density at radius 3 is 2.68 bits per heavy atom. The number of halogens is 3. The van der Waals surface area contributed by atoms with Crippen molar-refractivity contribution in [3.05, 3.63) is 18.0 Å². The fraction of sp³-hybridized carbons (Fsp3) is 0.737. The summed E-state index contributed by atoms with van der Waals surface area (Å²) < 4.78 is 44.5. The van der Waals surface area contributed by atoms with E-state index < -0.39 is 12.1 Å². The van der Waals surface area contributed by atoms with Crippen molar-refractivity contribution in [3.8, 4) is 0 Å². The highest BCUT2D eigenvalue weighted by Gasteiger charge is 2.41. The molecule has 3 atom stereocenters. The first-order valence-electron chi connectivity index (χ1n) is 10.00. The summed E-state index contributed by atoms with van der Waals surface area (Å²) in [6.07, 6.45) is 0.895. The monoisotopic (exact) mass is 450 g/mol. The van der Waals surface area contributed by atoms with E-state index in [1.54, 1.807) is 7.11 Å². The number of carboxylic acids is 1. The minimum Gasteiger partial charge on any atom is -0.475 e. The predicted octanol–water partition coefficient (Wildman–Crippen LogP) is 1.04. The Balaban J connectivity index is 0.000000423. The minimum absolute atomic E-state index is 0.0392. The van der Waals surface area contributed by atoms with E-state index in [9.17, 15) is 18.0 Å². The third-order valence-electron chi connectivity index (χ3n) is 5.30. The zero-order valence-corrected chi connectivity index (χ0v) is 17.6. The number of aromatic nitrogens is 2. The van der Waals surface area contributed by atoms with Gasteiger partial charge in [0.15, 0.2) is 0 Å². The van der Waals surface area contributed by atoms with Gasteiger partial charge in [0.05, 0.1) is 18.9 Å². The summed E-state index contributed by atoms with van der Waals surface area (Å²) in [5.74, 6) is -2.30. The molecule has 0 unspecified atom stereocenters. The topological polar surface area (TPSA) is 106 Å². The summed E-state index contributed by atoms with van der Waals surface area (Å²) in [6.45, 7) is 4.61. The van der Waals surface area contributed by atoms with Gasteiger partial charge in [0.1, 0.15) is 0 Å². The van der Waals surface area contributed by atoms with Crippen LogP contribution >= 0.6 is 0 Å². The molecule has 2 saturated heterocycles. The molecule has 0 saturated carbocycles. The number of hydrogen-bond donors (Lipinski definition) is 2. The predicted molar refractivity (Wildman–Crippen MR) is 103 cm³/mol. The Labute approximate surface area is 178 Å². The van der Waals surface area contributed by atoms with Crippen LogP contribution in [0.4, 0.5) is 13.2 Å². The Morgan fingerprint density at radius 1 is 1.39 bits per heavy atom. The average Bonchev–Trinajstić information content (AvgIpc) is 3.12. The van der Waals surface area contributed by atoms with Crippen molar-refractivity contribution in [1.82, 2.24) is 20.0 Å². The number of likely N-dealkylation sites (tertiary alicyclic amines) is 1. The second kappa shape index (κ2) is 11.4. The maximum absolute atomic E-state index is 12.5. The third kappa shape index (κ3) is 7.78. The Hall–Kier alpha value is -2.18. The van der Waals surface area contributed by atoms with Gasteiger partial charge in [-0.2, -0.15) is 18.3 Å². The lowest BCUT2D eigenvalue weighted by molar-refractivity contribution is -0.192. The molecular weight excluding hydrogens is 421 g/mol. The lowest BCUT2D eigenvalue weighted by atomic mass is 9.79. The number of rotatable bonds is 6. The van der Waals surface area contributed by atoms with E-state index in [0.717, 1.165) is 32.5 Å². The molecule has 12 heteroatoms. The van der Waals surface area contributed by atoms with E-state index in [-0.39, 0.29) is 23.8 Å². The number of fused-ring (bicyclic) bond motifs is 1. The van der Waals surface area contributed by atoms with Gasteiger partial charge in [0, 0.05) is 70.5 Å². The molecule has 176 valence electrons. The number of methoxy groups -OCH3 is 1. The van der Waals surface area contributed by atoms with E-state index in [1.165, 1.54) is 5.56 Å². The minimum atomic E-state index is -5.08. The Bertz CT molecular complexity index is 728. The van der Waals surface area contributed by atoms with E-state index in [2.05, 4.69) is 21.5 Å². The summed E-state index contributed by atoms with van der Waals surface area (Å²) in [7, 11) is 3.58. The zero-order valence-electron chi connectivity index (χ0n) is 17.6. The summed E-state index contributed by atoms with van der Waals surface area (Å²) in [5.41, 5.74) is 1.22. The number of alkyl halides is 3. The number of nitrogens with zero attached hydrogens (tertiary/aromatic N) is 3. The number of carboxylic acid groups (broad SMARTS) is 1. The maximum atomic E-state index is 12.5. The van der Waals surface area contributed by atoms with Gasteiger partial charge in [-0.15, -0.1) is 0 Å². The number of carbonyl (C=O) groups excluding carboxylic acids is 1. The fourth-order valence-electron chi connectivity index (χ4n) is 3.87. The molecule has 9 nitrogen and oxygen atoms in total. The highest BCUT2D eigenvalue weighted by molar-refractivity contribution is 5.79. The van der Waals surface area contributed by atoms with Crippen molar-refractivity contribution in [1.29, 1.82) is 0 Å². The number of ether oxygens (including phenoxy) is 2. The number of hydrogen-bond acceptors (Lipinski definition) is 6. The number of nitrogens with one attached hydrogen (secondary N) is 1. The summed E-state index contributed by atoms with van der Waals surface area (Å²) in [5, 5.41) is 14.4. The van der Waals surface area contributed by atoms with Crippen molar-refractivity contribution in [2.24, 2.45) is 18.9 Å². The second-order valence-corrected chi connectivity index (χ2v) is 7.60. The molecule has 2 aliphatic rings. The highest BCUT2D eigenvalue weighted by Crippen LogP contribution is 2.33. The zero-order chi connectivity index (χ0) is 23.0. The lowest BCUT2D eigenvalue weighted by Gasteiger charge is -2.44. The van der Waals surface area contributed by atoms with E-state index >= 15 is 0 Å². The van der Waals surface area contributed by atoms with Gasteiger partial charge in [-0.3, -0.25) is 14.4 Å². The van der Waals surface area contributed by atoms with Crippen LogP contribution in [0.5, 0.6) is 0 Å². The number of aliphatic carboxylic acids is 1. The van der Waals surface area contributed by atoms with Gasteiger partial charge in [-0.25, -0.2) is 4.79 Å². The smallest absolute Gasteiger partial charge is 0.475 e. The molecule has 1 aromatic heterocycles. The van der Waals surface area contributed by atoms with Crippen molar-refractivity contribution < 1.29 is 37.3 Å². The first-order chi connectivity index (χ1) is 14.6. The molecule has 2 aliphatic heterocycles. The van der Waals surface area contributed by atoms with Crippen LogP contribution in [0.25, 0.3) is 0 Å². The van der Waals surface area contributed by atoms with Gasteiger partial charge in [-0.1, -0.05) is 0 Å². The van der Waals surface area contributed by atoms with E-state index in [0.29, 0.717) is 19.8 Å². The molecule has 3 rings (SSSR count). The molecule has 2 N–H and O–H groups in total.